The molecule has 4 N–H and O–H groups in total. The van der Waals surface area contributed by atoms with Gasteiger partial charge in [0.1, 0.15) is 17.2 Å². The van der Waals surface area contributed by atoms with Gasteiger partial charge in [-0.15, -0.1) is 0 Å². The number of phenols is 1. The van der Waals surface area contributed by atoms with E-state index in [1.54, 1.807) is 18.0 Å². The molecule has 3 rings (SSSR count). The highest BCUT2D eigenvalue weighted by molar-refractivity contribution is 6.70. The summed E-state index contributed by atoms with van der Waals surface area (Å²) in [6.45, 7) is 2.85. The second-order valence-corrected chi connectivity index (χ2v) is 6.83. The van der Waals surface area contributed by atoms with Gasteiger partial charge in [0.25, 0.3) is 0 Å². The van der Waals surface area contributed by atoms with Gasteiger partial charge in [0.05, 0.1) is 17.9 Å². The summed E-state index contributed by atoms with van der Waals surface area (Å²) in [5, 5.41) is 24.6. The third-order valence-corrected chi connectivity index (χ3v) is 4.22. The molecule has 0 fully saturated rings. The summed E-state index contributed by atoms with van der Waals surface area (Å²) in [5.74, 6) is 0.367. The maximum absolute atomic E-state index is 9.81. The van der Waals surface area contributed by atoms with Crippen LogP contribution in [0.4, 0.5) is 11.4 Å². The Labute approximate surface area is 159 Å². The van der Waals surface area contributed by atoms with E-state index in [-0.39, 0.29) is 11.6 Å². The number of hydrazone groups is 1. The number of amidine groups is 1. The lowest BCUT2D eigenvalue weighted by molar-refractivity contribution is 0.437. The Bertz CT molecular complexity index is 918. The minimum atomic E-state index is 0.130. The van der Waals surface area contributed by atoms with Gasteiger partial charge in [0.2, 0.25) is 0 Å². The molecule has 0 aromatic heterocycles. The van der Waals surface area contributed by atoms with Crippen LogP contribution in [0, 0.1) is 12.3 Å². The Morgan fingerprint density at radius 3 is 2.59 bits per heavy atom. The number of anilines is 1. The van der Waals surface area contributed by atoms with Crippen LogP contribution in [0.5, 0.6) is 5.75 Å². The van der Waals surface area contributed by atoms with E-state index in [2.05, 4.69) is 10.1 Å². The van der Waals surface area contributed by atoms with Gasteiger partial charge in [-0.05, 0) is 38.2 Å². The Morgan fingerprint density at radius 2 is 1.93 bits per heavy atom. The molecule has 140 valence electrons. The molecule has 2 aromatic rings. The van der Waals surface area contributed by atoms with E-state index >= 15 is 0 Å². The first kappa shape index (κ1) is 18.6. The Kier molecular flexibility index (Phi) is 5.23. The number of hydrogen-bond acceptors (Lipinski definition) is 6. The topological polar surface area (TPSA) is 101 Å². The van der Waals surface area contributed by atoms with Crippen LogP contribution in [-0.4, -0.2) is 52.9 Å². The molecule has 0 bridgehead atoms. The van der Waals surface area contributed by atoms with Crippen LogP contribution in [0.1, 0.15) is 11.1 Å². The van der Waals surface area contributed by atoms with Crippen molar-refractivity contribution in [2.75, 3.05) is 26.4 Å². The highest BCUT2D eigenvalue weighted by Gasteiger charge is 2.29. The van der Waals surface area contributed by atoms with E-state index in [1.807, 2.05) is 49.3 Å². The summed E-state index contributed by atoms with van der Waals surface area (Å²) < 4.78 is 0. The maximum atomic E-state index is 9.81. The molecule has 7 nitrogen and oxygen atoms in total. The Morgan fingerprint density at radius 1 is 1.22 bits per heavy atom. The third kappa shape index (κ3) is 4.15. The molecule has 0 spiro atoms. The van der Waals surface area contributed by atoms with Crippen molar-refractivity contribution in [3.63, 3.8) is 0 Å². The molecule has 1 heterocycles. The van der Waals surface area contributed by atoms with Gasteiger partial charge in [-0.2, -0.15) is 5.10 Å². The van der Waals surface area contributed by atoms with E-state index in [9.17, 15) is 5.11 Å². The first-order valence-corrected chi connectivity index (χ1v) is 8.66. The second-order valence-electron chi connectivity index (χ2n) is 6.83. The molecule has 0 aliphatic carbocycles. The zero-order valence-corrected chi connectivity index (χ0v) is 15.8. The molecule has 27 heavy (non-hydrogen) atoms. The summed E-state index contributed by atoms with van der Waals surface area (Å²) >= 11 is 0. The number of nitrogen functional groups attached to an aromatic ring is 1. The highest BCUT2D eigenvalue weighted by atomic mass is 16.3. The van der Waals surface area contributed by atoms with Crippen LogP contribution in [0.15, 0.2) is 52.6 Å². The average molecular weight is 364 g/mol. The summed E-state index contributed by atoms with van der Waals surface area (Å²) in [6, 6.07) is 13.1. The summed E-state index contributed by atoms with van der Waals surface area (Å²) in [7, 11) is 3.89. The highest BCUT2D eigenvalue weighted by Crippen LogP contribution is 2.30. The van der Waals surface area contributed by atoms with Crippen molar-refractivity contribution in [1.29, 1.82) is 5.41 Å². The van der Waals surface area contributed by atoms with Gasteiger partial charge in [-0.3, -0.25) is 5.41 Å². The van der Waals surface area contributed by atoms with E-state index in [4.69, 9.17) is 11.1 Å². The number of hydrogen-bond donors (Lipinski definition) is 3. The second kappa shape index (κ2) is 7.59. The first-order chi connectivity index (χ1) is 12.8. The predicted octanol–water partition coefficient (Wildman–Crippen LogP) is 2.77. The van der Waals surface area contributed by atoms with Crippen LogP contribution in [0.25, 0.3) is 0 Å². The molecule has 0 saturated heterocycles. The maximum Gasteiger partial charge on any atom is 0.170 e. The lowest BCUT2D eigenvalue weighted by atomic mass is 10.1. The number of nitrogens with zero attached hydrogens (tertiary/aromatic N) is 4. The Balaban J connectivity index is 1.97. The third-order valence-electron chi connectivity index (χ3n) is 4.22. The number of phenolic OH excluding ortho intramolecular Hbond substituents is 1. The van der Waals surface area contributed by atoms with E-state index in [0.29, 0.717) is 41.5 Å². The number of aliphatic imine (C=N–C) groups is 1. The lowest BCUT2D eigenvalue weighted by Crippen LogP contribution is -2.30. The zero-order chi connectivity index (χ0) is 19.6. The smallest absolute Gasteiger partial charge is 0.170 e. The van der Waals surface area contributed by atoms with Gasteiger partial charge < -0.3 is 15.7 Å². The fourth-order valence-electron chi connectivity index (χ4n) is 2.81. The molecule has 0 saturated carbocycles. The number of nitrogens with one attached hydrogen (secondary N) is 1. The van der Waals surface area contributed by atoms with E-state index in [0.717, 1.165) is 5.56 Å². The van der Waals surface area contributed by atoms with Crippen molar-refractivity contribution in [3.05, 3.63) is 53.6 Å². The summed E-state index contributed by atoms with van der Waals surface area (Å²) in [5.41, 5.74) is 9.87. The summed E-state index contributed by atoms with van der Waals surface area (Å²) in [4.78, 5) is 6.61. The standard InChI is InChI=1S/C20H24N6O/c1-13-9-16(15(21)10-18(13)27)23-19-17(12-25(2)3)24-26(20(19)22)11-14-7-5-4-6-8-14/h4-10,22,27H,11-12,21H2,1-3H3. The van der Waals surface area contributed by atoms with Crippen LogP contribution in [0.2, 0.25) is 0 Å². The summed E-state index contributed by atoms with van der Waals surface area (Å²) in [6.07, 6.45) is 0. The molecule has 0 atom stereocenters. The molecular formula is C20H24N6O. The van der Waals surface area contributed by atoms with Crippen molar-refractivity contribution in [1.82, 2.24) is 9.91 Å². The molecule has 0 amide bonds. The van der Waals surface area contributed by atoms with Crippen molar-refractivity contribution >= 4 is 28.6 Å². The zero-order valence-electron chi connectivity index (χ0n) is 15.8. The van der Waals surface area contributed by atoms with E-state index in [1.165, 1.54) is 6.07 Å². The van der Waals surface area contributed by atoms with Crippen molar-refractivity contribution in [2.24, 2.45) is 10.1 Å². The van der Waals surface area contributed by atoms with Gasteiger partial charge in [0.15, 0.2) is 5.84 Å². The molecule has 1 aliphatic heterocycles. The van der Waals surface area contributed by atoms with Crippen LogP contribution >= 0.6 is 0 Å². The largest absolute Gasteiger partial charge is 0.508 e. The van der Waals surface area contributed by atoms with Gasteiger partial charge >= 0.3 is 0 Å². The number of nitrogens with two attached hydrogens (primary N) is 1. The molecule has 0 unspecified atom stereocenters. The number of aromatic hydroxyl groups is 1. The molecule has 2 aromatic carbocycles. The van der Waals surface area contributed by atoms with Crippen molar-refractivity contribution < 1.29 is 5.11 Å². The van der Waals surface area contributed by atoms with Gasteiger partial charge in [-0.1, -0.05) is 30.3 Å². The quantitative estimate of drug-likeness (QED) is 0.710. The fraction of sp³-hybridized carbons (Fsp3) is 0.250. The normalized spacial score (nSPS) is 15.7. The van der Waals surface area contributed by atoms with Crippen LogP contribution in [-0.2, 0) is 6.54 Å². The monoisotopic (exact) mass is 364 g/mol. The van der Waals surface area contributed by atoms with Gasteiger partial charge in [0, 0.05) is 12.6 Å². The SMILES string of the molecule is Cc1cc(N=C2C(=N)N(Cc3ccccc3)N=C2CN(C)C)c(N)cc1O. The van der Waals surface area contributed by atoms with Crippen molar-refractivity contribution in [2.45, 2.75) is 13.5 Å². The number of benzene rings is 2. The number of rotatable bonds is 5. The van der Waals surface area contributed by atoms with E-state index < -0.39 is 0 Å². The lowest BCUT2D eigenvalue weighted by Gasteiger charge is -2.13. The first-order valence-electron chi connectivity index (χ1n) is 8.66. The minimum absolute atomic E-state index is 0.130. The molecule has 7 heteroatoms. The predicted molar refractivity (Wildman–Crippen MR) is 110 cm³/mol. The fourth-order valence-corrected chi connectivity index (χ4v) is 2.81. The Hall–Kier alpha value is -3.19. The minimum Gasteiger partial charge on any atom is -0.508 e. The molecule has 1 aliphatic rings. The molecule has 0 radical (unpaired) electrons. The number of aryl methyl sites for hydroxylation is 1. The van der Waals surface area contributed by atoms with Gasteiger partial charge in [-0.25, -0.2) is 10.0 Å². The molecular weight excluding hydrogens is 340 g/mol. The van der Waals surface area contributed by atoms with Crippen LogP contribution in [0.3, 0.4) is 0 Å². The van der Waals surface area contributed by atoms with Crippen LogP contribution < -0.4 is 5.73 Å². The van der Waals surface area contributed by atoms with Crippen molar-refractivity contribution in [3.8, 4) is 5.75 Å². The average Bonchev–Trinajstić information content (AvgIpc) is 2.88.